The first-order valence-electron chi connectivity index (χ1n) is 29.2. The molecule has 8 aromatic carbocycles. The first kappa shape index (κ1) is 45.9. The van der Waals surface area contributed by atoms with Crippen molar-refractivity contribution in [3.8, 4) is 50.7 Å². The minimum atomic E-state index is -2.30. The van der Waals surface area contributed by atoms with Crippen molar-refractivity contribution >= 4 is 44.6 Å². The van der Waals surface area contributed by atoms with Crippen LogP contribution in [0.1, 0.15) is 110 Å². The van der Waals surface area contributed by atoms with Gasteiger partial charge in [0.15, 0.2) is 0 Å². The van der Waals surface area contributed by atoms with Crippen molar-refractivity contribution in [1.29, 1.82) is 0 Å². The van der Waals surface area contributed by atoms with Crippen molar-refractivity contribution < 1.29 is 32.7 Å². The van der Waals surface area contributed by atoms with Gasteiger partial charge in [-0.15, -0.1) is 48.1 Å². The van der Waals surface area contributed by atoms with Gasteiger partial charge in [0.25, 0.3) is 0 Å². The number of para-hydroxylation sites is 3. The molecular weight excluding hydrogens is 1120 g/mol. The Morgan fingerprint density at radius 1 is 0.649 bits per heavy atom. The van der Waals surface area contributed by atoms with E-state index < -0.39 is 13.2 Å². The molecule has 12 rings (SSSR count). The van der Waals surface area contributed by atoms with E-state index in [0.717, 1.165) is 91.0 Å². The molecule has 0 saturated heterocycles. The van der Waals surface area contributed by atoms with Crippen LogP contribution in [0.15, 0.2) is 176 Å². The fourth-order valence-corrected chi connectivity index (χ4v) is 11.5. The number of fused-ring (bicyclic) bond motifs is 5. The van der Waals surface area contributed by atoms with Crippen molar-refractivity contribution in [2.75, 3.05) is 9.80 Å². The minimum Gasteiger partial charge on any atom is -0.509 e. The van der Waals surface area contributed by atoms with Crippen molar-refractivity contribution in [3.05, 3.63) is 223 Å². The number of ether oxygens (including phenoxy) is 1. The van der Waals surface area contributed by atoms with E-state index >= 15 is 0 Å². The summed E-state index contributed by atoms with van der Waals surface area (Å²) in [6.07, 6.45) is 2.32. The number of nitrogens with zero attached hydrogens (tertiary/aromatic N) is 4. The number of hydrogen-bond donors (Lipinski definition) is 0. The van der Waals surface area contributed by atoms with Crippen LogP contribution >= 0.6 is 0 Å². The summed E-state index contributed by atoms with van der Waals surface area (Å²) in [5.74, 6) is 1.54. The van der Waals surface area contributed by atoms with Gasteiger partial charge >= 0.3 is 0 Å². The Bertz CT molecular complexity index is 4080. The molecule has 10 aromatic rings. The summed E-state index contributed by atoms with van der Waals surface area (Å²) in [7, 11) is 0. The fraction of sp³-hybridized carbons (Fsp3) is 0.239. The molecule has 1 aliphatic heterocycles. The van der Waals surface area contributed by atoms with Crippen molar-refractivity contribution in [2.45, 2.75) is 105 Å². The molecular formula is C71H67N4OPt-3. The van der Waals surface area contributed by atoms with Gasteiger partial charge in [0.1, 0.15) is 5.82 Å². The van der Waals surface area contributed by atoms with Gasteiger partial charge in [-0.05, 0) is 146 Å². The van der Waals surface area contributed by atoms with Gasteiger partial charge < -0.3 is 19.1 Å². The Hall–Kier alpha value is -7.20. The van der Waals surface area contributed by atoms with Crippen molar-refractivity contribution in [1.82, 2.24) is 9.55 Å². The van der Waals surface area contributed by atoms with Crippen LogP contribution in [0.2, 0.25) is 0 Å². The maximum atomic E-state index is 9.68. The van der Waals surface area contributed by atoms with Crippen LogP contribution in [0.25, 0.3) is 61.0 Å². The van der Waals surface area contributed by atoms with E-state index in [1.54, 1.807) is 12.1 Å². The largest absolute Gasteiger partial charge is 0.509 e. The number of pyridine rings is 1. The molecule has 0 spiro atoms. The van der Waals surface area contributed by atoms with Crippen molar-refractivity contribution in [3.63, 3.8) is 0 Å². The van der Waals surface area contributed by atoms with E-state index in [1.165, 1.54) is 16.7 Å². The van der Waals surface area contributed by atoms with E-state index in [0.29, 0.717) is 28.2 Å². The Morgan fingerprint density at radius 3 is 2.04 bits per heavy atom. The predicted molar refractivity (Wildman–Crippen MR) is 318 cm³/mol. The Morgan fingerprint density at radius 2 is 1.30 bits per heavy atom. The SMILES string of the molecule is [2H]C([2H])([2H])c1ccccc1-c1ccc(-c2cc(C([2H])([2H])C(C)C)cc(-c3ccc4c(c3)C(C)(C)CCC4(C)C)c2N2[CH-]N(c3[c-]c(Oc4[c-]c5c(cc4)c4ccccc4n5-c4cc(C(C)(C)C)ccn4)ccc3)c3ccccc32)cc1.[Pt]. The topological polar surface area (TPSA) is 33.5 Å². The molecule has 0 bridgehead atoms. The second-order valence-corrected chi connectivity index (χ2v) is 23.3. The fourth-order valence-electron chi connectivity index (χ4n) is 11.5. The van der Waals surface area contributed by atoms with E-state index in [1.807, 2.05) is 92.8 Å². The summed E-state index contributed by atoms with van der Waals surface area (Å²) in [5, 5.41) is 2.15. The predicted octanol–water partition coefficient (Wildman–Crippen LogP) is 19.1. The normalized spacial score (nSPS) is 16.0. The Balaban J connectivity index is 0.00000705. The number of rotatable bonds is 10. The van der Waals surface area contributed by atoms with Crippen LogP contribution < -0.4 is 14.5 Å². The summed E-state index contributed by atoms with van der Waals surface area (Å²) < 4.78 is 53.4. The van der Waals surface area contributed by atoms with Gasteiger partial charge in [-0.2, -0.15) is 12.1 Å². The first-order chi connectivity index (χ1) is 38.5. The van der Waals surface area contributed by atoms with E-state index in [-0.39, 0.29) is 43.2 Å². The molecule has 1 aliphatic carbocycles. The monoisotopic (exact) mass is 1190 g/mol. The number of hydrogen-bond acceptors (Lipinski definition) is 4. The zero-order valence-corrected chi connectivity index (χ0v) is 47.6. The van der Waals surface area contributed by atoms with Crippen LogP contribution in [-0.2, 0) is 43.7 Å². The van der Waals surface area contributed by atoms with Crippen molar-refractivity contribution in [2.24, 2.45) is 5.92 Å². The van der Waals surface area contributed by atoms with Gasteiger partial charge in [0, 0.05) is 79.3 Å². The van der Waals surface area contributed by atoms with Crippen LogP contribution in [0.4, 0.5) is 22.7 Å². The molecule has 77 heavy (non-hydrogen) atoms. The minimum absolute atomic E-state index is 0. The Kier molecular flexibility index (Phi) is 11.9. The average molecular weight is 1190 g/mol. The van der Waals surface area contributed by atoms with Gasteiger partial charge in [-0.3, -0.25) is 0 Å². The number of aromatic nitrogens is 2. The van der Waals surface area contributed by atoms with E-state index in [2.05, 4.69) is 167 Å². The molecule has 0 radical (unpaired) electrons. The van der Waals surface area contributed by atoms with Crippen LogP contribution in [-0.4, -0.2) is 9.55 Å². The number of aryl methyl sites for hydroxylation is 1. The smallest absolute Gasteiger partial charge is 0.135 e. The van der Waals surface area contributed by atoms with Gasteiger partial charge in [0.2, 0.25) is 0 Å². The molecule has 0 N–H and O–H groups in total. The molecule has 0 amide bonds. The van der Waals surface area contributed by atoms with E-state index in [9.17, 15) is 2.74 Å². The summed E-state index contributed by atoms with van der Waals surface area (Å²) in [6, 6.07) is 64.5. The molecule has 5 nitrogen and oxygen atoms in total. The van der Waals surface area contributed by atoms with Gasteiger partial charge in [0.05, 0.1) is 0 Å². The average Bonchev–Trinajstić information content (AvgIpc) is 3.92. The molecule has 0 unspecified atom stereocenters. The van der Waals surface area contributed by atoms with Gasteiger partial charge in [-0.1, -0.05) is 165 Å². The summed E-state index contributed by atoms with van der Waals surface area (Å²) >= 11 is 0. The quantitative estimate of drug-likeness (QED) is 0.128. The van der Waals surface area contributed by atoms with Crippen LogP contribution in [0, 0.1) is 31.6 Å². The summed E-state index contributed by atoms with van der Waals surface area (Å²) in [4.78, 5) is 9.26. The standard InChI is InChI=1S/C71H67N4O.Pt/c1-46(2)38-48-39-59(50-28-26-49(27-29-50)56-21-12-11-18-47(56)3)68(60(40-48)51-30-33-61-62(41-51)71(9,10)36-35-70(61,7)8)74-45-73(64-24-15-16-25-65(64)74)53-19-17-20-54(43-53)76-55-31-32-58-57-22-13-14-23-63(57)75(66(58)44-55)67-42-52(34-37-72-67)69(4,5)6;/h11-34,37,39-42,45-46H,35-36,38H2,1-10H3;/q-3;/i3D3,38D2;. The molecule has 390 valence electrons. The molecule has 3 heterocycles. The van der Waals surface area contributed by atoms with E-state index in [4.69, 9.17) is 13.8 Å². The molecule has 0 saturated carbocycles. The molecule has 0 fully saturated rings. The number of anilines is 4. The molecule has 6 heteroatoms. The van der Waals surface area contributed by atoms with Crippen LogP contribution in [0.5, 0.6) is 11.5 Å². The zero-order valence-electron chi connectivity index (χ0n) is 50.3. The summed E-state index contributed by atoms with van der Waals surface area (Å²) in [5.41, 5.74) is 14.9. The molecule has 0 atom stereocenters. The second-order valence-electron chi connectivity index (χ2n) is 23.3. The maximum Gasteiger partial charge on any atom is 0.135 e. The molecule has 2 aliphatic rings. The molecule has 2 aromatic heterocycles. The number of benzene rings is 8. The van der Waals surface area contributed by atoms with Gasteiger partial charge in [-0.25, -0.2) is 4.98 Å². The van der Waals surface area contributed by atoms with Crippen LogP contribution in [0.3, 0.4) is 0 Å². The third kappa shape index (κ3) is 9.60. The summed E-state index contributed by atoms with van der Waals surface area (Å²) in [6.45, 7) is 19.7. The first-order valence-corrected chi connectivity index (χ1v) is 26.7. The second kappa shape index (κ2) is 20.0. The third-order valence-corrected chi connectivity index (χ3v) is 15.7. The third-order valence-electron chi connectivity index (χ3n) is 15.7. The Labute approximate surface area is 477 Å². The zero-order chi connectivity index (χ0) is 57.0. The maximum absolute atomic E-state index is 9.68.